The van der Waals surface area contributed by atoms with E-state index in [0.29, 0.717) is 18.7 Å². The van der Waals surface area contributed by atoms with E-state index < -0.39 is 25.2 Å². The van der Waals surface area contributed by atoms with Crippen LogP contribution < -0.4 is 15.8 Å². The van der Waals surface area contributed by atoms with E-state index in [1.54, 1.807) is 0 Å². The van der Waals surface area contributed by atoms with E-state index in [1.807, 2.05) is 26.8 Å². The molecule has 0 bridgehead atoms. The van der Waals surface area contributed by atoms with Gasteiger partial charge in [0.2, 0.25) is 0 Å². The lowest BCUT2D eigenvalue weighted by molar-refractivity contribution is 0.0300. The monoisotopic (exact) mass is 424 g/mol. The summed E-state index contributed by atoms with van der Waals surface area (Å²) in [5, 5.41) is 0. The van der Waals surface area contributed by atoms with Gasteiger partial charge >= 0.3 is 13.5 Å². The van der Waals surface area contributed by atoms with Crippen molar-refractivity contribution in [1.82, 2.24) is 9.55 Å². The molecule has 29 heavy (non-hydrogen) atoms. The molecular formula is C19H25N2O7P. The summed E-state index contributed by atoms with van der Waals surface area (Å²) in [6.07, 6.45) is 1.36. The maximum absolute atomic E-state index is 12.9. The van der Waals surface area contributed by atoms with Gasteiger partial charge in [-0.15, -0.1) is 0 Å². The fraction of sp³-hybridized carbons (Fsp3) is 0.474. The van der Waals surface area contributed by atoms with Crippen LogP contribution >= 0.6 is 7.82 Å². The van der Waals surface area contributed by atoms with E-state index in [9.17, 15) is 14.2 Å². The molecule has 9 nitrogen and oxygen atoms in total. The summed E-state index contributed by atoms with van der Waals surface area (Å²) in [6, 6.07) is 3.23. The number of hydrogen-bond donors (Lipinski definition) is 1. The molecule has 1 aromatic heterocycles. The third-order valence-electron chi connectivity index (χ3n) is 5.10. The molecule has 0 saturated carbocycles. The van der Waals surface area contributed by atoms with Crippen LogP contribution in [-0.4, -0.2) is 29.4 Å². The van der Waals surface area contributed by atoms with Gasteiger partial charge in [0, 0.05) is 31.5 Å². The first kappa shape index (κ1) is 21.5. The standard InChI is InChI=1S/C19H25N2O7P/c1-12-9-15-10-26-29(24,28-18(15)14(3)13(12)2)27-11-16(25-4)5-7-21-8-6-17(22)20-19(21)23/h6,8-9,16H,5,7,10-11H2,1-4H3,(H,20,22,23). The van der Waals surface area contributed by atoms with Crippen molar-refractivity contribution < 1.29 is 22.9 Å². The molecular weight excluding hydrogens is 399 g/mol. The third kappa shape index (κ3) is 4.87. The zero-order valence-electron chi connectivity index (χ0n) is 16.9. The first-order chi connectivity index (χ1) is 13.7. The van der Waals surface area contributed by atoms with Gasteiger partial charge in [0.05, 0.1) is 19.3 Å². The maximum Gasteiger partial charge on any atom is 0.530 e. The van der Waals surface area contributed by atoms with Crippen molar-refractivity contribution in [2.24, 2.45) is 0 Å². The normalized spacial score (nSPS) is 19.4. The Kier molecular flexibility index (Phi) is 6.43. The van der Waals surface area contributed by atoms with Crippen LogP contribution in [0, 0.1) is 20.8 Å². The first-order valence-electron chi connectivity index (χ1n) is 9.23. The summed E-state index contributed by atoms with van der Waals surface area (Å²) in [5.74, 6) is 0.538. The highest BCUT2D eigenvalue weighted by Gasteiger charge is 2.36. The number of ether oxygens (including phenoxy) is 1. The molecule has 1 N–H and O–H groups in total. The van der Waals surface area contributed by atoms with Crippen molar-refractivity contribution in [3.05, 3.63) is 61.4 Å². The number of aromatic nitrogens is 2. The number of nitrogens with zero attached hydrogens (tertiary/aromatic N) is 1. The fourth-order valence-corrected chi connectivity index (χ4v) is 4.38. The lowest BCUT2D eigenvalue weighted by Crippen LogP contribution is -2.30. The number of aromatic amines is 1. The lowest BCUT2D eigenvalue weighted by atomic mass is 9.99. The molecule has 0 spiro atoms. The van der Waals surface area contributed by atoms with Crippen LogP contribution in [0.5, 0.6) is 5.75 Å². The number of aryl methyl sites for hydroxylation is 2. The van der Waals surface area contributed by atoms with Gasteiger partial charge in [-0.3, -0.25) is 18.8 Å². The fourth-order valence-electron chi connectivity index (χ4n) is 3.07. The number of methoxy groups -OCH3 is 1. The summed E-state index contributed by atoms with van der Waals surface area (Å²) in [6.45, 7) is 6.30. The Morgan fingerprint density at radius 3 is 2.72 bits per heavy atom. The molecule has 10 heteroatoms. The van der Waals surface area contributed by atoms with Crippen LogP contribution in [0.2, 0.25) is 0 Å². The van der Waals surface area contributed by atoms with Crippen molar-refractivity contribution in [2.45, 2.75) is 46.4 Å². The molecule has 1 aliphatic heterocycles. The van der Waals surface area contributed by atoms with Crippen molar-refractivity contribution in [3.63, 3.8) is 0 Å². The van der Waals surface area contributed by atoms with Gasteiger partial charge in [0.25, 0.3) is 5.56 Å². The van der Waals surface area contributed by atoms with Crippen LogP contribution in [0.4, 0.5) is 0 Å². The Hall–Kier alpha value is -2.19. The molecule has 158 valence electrons. The quantitative estimate of drug-likeness (QED) is 0.681. The second-order valence-corrected chi connectivity index (χ2v) is 8.58. The second-order valence-electron chi connectivity index (χ2n) is 6.99. The number of phosphoric ester groups is 1. The molecule has 0 aliphatic carbocycles. The molecule has 1 aliphatic rings. The predicted molar refractivity (Wildman–Crippen MR) is 106 cm³/mol. The van der Waals surface area contributed by atoms with Gasteiger partial charge in [0.15, 0.2) is 0 Å². The maximum atomic E-state index is 12.9. The number of nitrogens with one attached hydrogen (secondary N) is 1. The minimum Gasteiger partial charge on any atom is -0.403 e. The summed E-state index contributed by atoms with van der Waals surface area (Å²) in [5.41, 5.74) is 2.97. The van der Waals surface area contributed by atoms with E-state index >= 15 is 0 Å². The zero-order chi connectivity index (χ0) is 21.2. The van der Waals surface area contributed by atoms with Gasteiger partial charge in [-0.2, -0.15) is 0 Å². The first-order valence-corrected chi connectivity index (χ1v) is 10.7. The smallest absolute Gasteiger partial charge is 0.403 e. The highest BCUT2D eigenvalue weighted by molar-refractivity contribution is 7.49. The van der Waals surface area contributed by atoms with E-state index in [0.717, 1.165) is 22.3 Å². The topological polar surface area (TPSA) is 109 Å². The van der Waals surface area contributed by atoms with E-state index in [4.69, 9.17) is 18.3 Å². The number of fused-ring (bicyclic) bond motifs is 1. The third-order valence-corrected chi connectivity index (χ3v) is 6.42. The molecule has 2 atom stereocenters. The van der Waals surface area contributed by atoms with E-state index in [1.165, 1.54) is 23.9 Å². The average molecular weight is 424 g/mol. The molecule has 1 aromatic carbocycles. The minimum absolute atomic E-state index is 0.0366. The van der Waals surface area contributed by atoms with Gasteiger partial charge < -0.3 is 13.8 Å². The van der Waals surface area contributed by atoms with Gasteiger partial charge in [-0.25, -0.2) is 9.36 Å². The predicted octanol–water partition coefficient (Wildman–Crippen LogP) is 2.60. The number of benzene rings is 1. The highest BCUT2D eigenvalue weighted by Crippen LogP contribution is 2.55. The molecule has 2 unspecified atom stereocenters. The number of H-pyrrole nitrogens is 1. The summed E-state index contributed by atoms with van der Waals surface area (Å²) < 4.78 is 36.1. The Labute approximate surface area is 168 Å². The van der Waals surface area contributed by atoms with E-state index in [2.05, 4.69) is 4.98 Å². The van der Waals surface area contributed by atoms with Crippen LogP contribution in [-0.2, 0) is 31.5 Å². The Morgan fingerprint density at radius 1 is 1.28 bits per heavy atom. The molecule has 2 heterocycles. The number of phosphoric acid groups is 1. The summed E-state index contributed by atoms with van der Waals surface area (Å²) in [7, 11) is -2.29. The second kappa shape index (κ2) is 8.67. The van der Waals surface area contributed by atoms with Crippen LogP contribution in [0.3, 0.4) is 0 Å². The van der Waals surface area contributed by atoms with Crippen molar-refractivity contribution in [3.8, 4) is 5.75 Å². The molecule has 3 rings (SSSR count). The Bertz CT molecular complexity index is 1060. The van der Waals surface area contributed by atoms with Crippen LogP contribution in [0.1, 0.15) is 28.7 Å². The molecule has 0 radical (unpaired) electrons. The number of hydrogen-bond acceptors (Lipinski definition) is 7. The van der Waals surface area contributed by atoms with Crippen LogP contribution in [0.25, 0.3) is 0 Å². The lowest BCUT2D eigenvalue weighted by Gasteiger charge is -2.28. The molecule has 0 saturated heterocycles. The molecule has 2 aromatic rings. The number of rotatable bonds is 7. The van der Waals surface area contributed by atoms with Gasteiger partial charge in [-0.05, 0) is 49.9 Å². The van der Waals surface area contributed by atoms with Crippen molar-refractivity contribution in [2.75, 3.05) is 13.7 Å². The van der Waals surface area contributed by atoms with Crippen LogP contribution in [0.15, 0.2) is 27.9 Å². The minimum atomic E-state index is -3.78. The van der Waals surface area contributed by atoms with Crippen molar-refractivity contribution in [1.29, 1.82) is 0 Å². The Morgan fingerprint density at radius 2 is 2.03 bits per heavy atom. The molecule has 0 fully saturated rings. The average Bonchev–Trinajstić information content (AvgIpc) is 2.68. The summed E-state index contributed by atoms with van der Waals surface area (Å²) in [4.78, 5) is 25.1. The Balaban J connectivity index is 1.63. The van der Waals surface area contributed by atoms with Crippen molar-refractivity contribution >= 4 is 7.82 Å². The summed E-state index contributed by atoms with van der Waals surface area (Å²) >= 11 is 0. The van der Waals surface area contributed by atoms with Gasteiger partial charge in [0.1, 0.15) is 5.75 Å². The highest BCUT2D eigenvalue weighted by atomic mass is 31.2. The zero-order valence-corrected chi connectivity index (χ0v) is 17.8. The largest absolute Gasteiger partial charge is 0.530 e. The molecule has 0 amide bonds. The SMILES string of the molecule is COC(CCn1ccc(=O)[nH]c1=O)COP1(=O)OCc2cc(C)c(C)c(C)c2O1. The van der Waals surface area contributed by atoms with Gasteiger partial charge in [-0.1, -0.05) is 0 Å². The van der Waals surface area contributed by atoms with E-state index in [-0.39, 0.29) is 13.2 Å².